The molecule has 4 heteroatoms. The molecule has 0 saturated heterocycles. The molecule has 74 valence electrons. The molecule has 0 fully saturated rings. The van der Waals surface area contributed by atoms with E-state index >= 15 is 0 Å². The zero-order chi connectivity index (χ0) is 10.7. The summed E-state index contributed by atoms with van der Waals surface area (Å²) in [6.07, 6.45) is 0. The fraction of sp³-hybridized carbons (Fsp3) is 0. The maximum Gasteiger partial charge on any atom is 0.124 e. The Hall–Kier alpha value is -0.930. The number of halogens is 2. The Morgan fingerprint density at radius 2 is 2.21 bits per heavy atom. The van der Waals surface area contributed by atoms with Crippen molar-refractivity contribution in [1.82, 2.24) is 0 Å². The average Bonchev–Trinajstić information content (AvgIpc) is 2.17. The van der Waals surface area contributed by atoms with Crippen LogP contribution in [0.1, 0.15) is 11.1 Å². The Morgan fingerprint density at radius 1 is 1.57 bits per heavy atom. The Bertz CT molecular complexity index is 401. The first kappa shape index (κ1) is 11.1. The molecule has 0 aromatic heterocycles. The molecule has 0 aliphatic rings. The molecule has 14 heavy (non-hydrogen) atoms. The molecule has 0 radical (unpaired) electrons. The van der Waals surface area contributed by atoms with Crippen LogP contribution in [0.4, 0.5) is 4.39 Å². The summed E-state index contributed by atoms with van der Waals surface area (Å²) in [6, 6.07) is 4.80. The smallest absolute Gasteiger partial charge is 0.124 e. The number of thiol groups is 1. The summed E-state index contributed by atoms with van der Waals surface area (Å²) in [4.78, 5) is 0. The van der Waals surface area contributed by atoms with E-state index in [1.54, 1.807) is 12.1 Å². The molecule has 1 rings (SSSR count). The lowest BCUT2D eigenvalue weighted by molar-refractivity contribution is 0.763. The molecule has 0 aliphatic carbocycles. The molecule has 0 spiro atoms. The van der Waals surface area contributed by atoms with Gasteiger partial charge in [-0.25, -0.2) is 4.39 Å². The fourth-order valence-corrected chi connectivity index (χ4v) is 1.36. The highest BCUT2D eigenvalue weighted by Crippen LogP contribution is 2.26. The summed E-state index contributed by atoms with van der Waals surface area (Å²) in [5.74, 6) is -0.580. The van der Waals surface area contributed by atoms with Gasteiger partial charge in [0.25, 0.3) is 0 Å². The van der Waals surface area contributed by atoms with E-state index in [-0.39, 0.29) is 5.56 Å². The minimum absolute atomic E-state index is 0.252. The molecule has 0 aliphatic heterocycles. The van der Waals surface area contributed by atoms with Crippen molar-refractivity contribution < 1.29 is 4.39 Å². The zero-order valence-electron chi connectivity index (χ0n) is 7.30. The summed E-state index contributed by atoms with van der Waals surface area (Å²) >= 11 is 9.66. The lowest BCUT2D eigenvalue weighted by atomic mass is 10.1. The molecule has 2 N–H and O–H groups in total. The molecule has 1 aromatic carbocycles. The van der Waals surface area contributed by atoms with Crippen molar-refractivity contribution in [1.29, 1.82) is 0 Å². The number of benzene rings is 1. The van der Waals surface area contributed by atoms with E-state index in [9.17, 15) is 4.39 Å². The van der Waals surface area contributed by atoms with E-state index < -0.39 is 5.83 Å². The van der Waals surface area contributed by atoms with Crippen molar-refractivity contribution in [2.75, 3.05) is 0 Å². The largest absolute Gasteiger partial charge is 0.398 e. The standard InChI is InChI=1S/C10H9ClFNS/c1-6(12)8-4-7(10(13)5-14)2-3-9(8)11/h2-5,14H,1,13H2/b10-5-. The predicted molar refractivity (Wildman–Crippen MR) is 62.7 cm³/mol. The van der Waals surface area contributed by atoms with Crippen molar-refractivity contribution in [2.24, 2.45) is 5.73 Å². The van der Waals surface area contributed by atoms with Gasteiger partial charge >= 0.3 is 0 Å². The molecule has 0 heterocycles. The van der Waals surface area contributed by atoms with Gasteiger partial charge in [-0.05, 0) is 23.1 Å². The van der Waals surface area contributed by atoms with Gasteiger partial charge in [0.2, 0.25) is 0 Å². The van der Waals surface area contributed by atoms with Gasteiger partial charge in [-0.3, -0.25) is 0 Å². The van der Waals surface area contributed by atoms with E-state index in [0.29, 0.717) is 16.3 Å². The first-order valence-electron chi connectivity index (χ1n) is 3.81. The molecule has 0 unspecified atom stereocenters. The molecular weight excluding hydrogens is 221 g/mol. The third kappa shape index (κ3) is 2.30. The minimum Gasteiger partial charge on any atom is -0.398 e. The SMILES string of the molecule is C=C(F)c1cc(/C(N)=C/S)ccc1Cl. The van der Waals surface area contributed by atoms with Gasteiger partial charge in [0.15, 0.2) is 0 Å². The first-order valence-corrected chi connectivity index (χ1v) is 4.70. The van der Waals surface area contributed by atoms with E-state index in [2.05, 4.69) is 19.2 Å². The maximum atomic E-state index is 12.9. The van der Waals surface area contributed by atoms with E-state index in [4.69, 9.17) is 17.3 Å². The molecule has 1 nitrogen and oxygen atoms in total. The number of rotatable bonds is 2. The Kier molecular flexibility index (Phi) is 3.61. The Balaban J connectivity index is 3.26. The van der Waals surface area contributed by atoms with Crippen LogP contribution in [-0.4, -0.2) is 0 Å². The lowest BCUT2D eigenvalue weighted by Gasteiger charge is -2.05. The van der Waals surface area contributed by atoms with Crippen LogP contribution in [0.3, 0.4) is 0 Å². The van der Waals surface area contributed by atoms with Gasteiger partial charge in [-0.2, -0.15) is 0 Å². The van der Waals surface area contributed by atoms with Gasteiger partial charge in [-0.1, -0.05) is 24.2 Å². The highest BCUT2D eigenvalue weighted by Gasteiger charge is 2.06. The predicted octanol–water partition coefficient (Wildman–Crippen LogP) is 3.47. The van der Waals surface area contributed by atoms with Crippen LogP contribution in [0.5, 0.6) is 0 Å². The molecule has 1 aromatic rings. The number of nitrogens with two attached hydrogens (primary N) is 1. The highest BCUT2D eigenvalue weighted by molar-refractivity contribution is 7.83. The average molecular weight is 230 g/mol. The minimum atomic E-state index is -0.580. The first-order chi connectivity index (χ1) is 6.56. The van der Waals surface area contributed by atoms with Crippen LogP contribution in [0.25, 0.3) is 11.5 Å². The van der Waals surface area contributed by atoms with Crippen LogP contribution >= 0.6 is 24.2 Å². The normalized spacial score (nSPS) is 11.5. The van der Waals surface area contributed by atoms with Gasteiger partial charge in [0, 0.05) is 11.3 Å². The topological polar surface area (TPSA) is 26.0 Å². The summed E-state index contributed by atoms with van der Waals surface area (Å²) in [6.45, 7) is 3.18. The quantitative estimate of drug-likeness (QED) is 0.747. The van der Waals surface area contributed by atoms with Crippen molar-refractivity contribution in [2.45, 2.75) is 0 Å². The van der Waals surface area contributed by atoms with Crippen molar-refractivity contribution in [3.8, 4) is 0 Å². The van der Waals surface area contributed by atoms with Crippen LogP contribution in [0.15, 0.2) is 30.2 Å². The van der Waals surface area contributed by atoms with Crippen LogP contribution in [-0.2, 0) is 0 Å². The van der Waals surface area contributed by atoms with Gasteiger partial charge in [-0.15, -0.1) is 12.6 Å². The van der Waals surface area contributed by atoms with E-state index in [1.165, 1.54) is 11.5 Å². The number of hydrogen-bond acceptors (Lipinski definition) is 2. The van der Waals surface area contributed by atoms with Gasteiger partial charge in [0.1, 0.15) is 5.83 Å². The monoisotopic (exact) mass is 229 g/mol. The molecule has 0 atom stereocenters. The lowest BCUT2D eigenvalue weighted by Crippen LogP contribution is -1.95. The summed E-state index contributed by atoms with van der Waals surface area (Å²) in [5.41, 5.74) is 6.97. The van der Waals surface area contributed by atoms with E-state index in [0.717, 1.165) is 0 Å². The van der Waals surface area contributed by atoms with E-state index in [1.807, 2.05) is 0 Å². The van der Waals surface area contributed by atoms with Crippen molar-refractivity contribution in [3.05, 3.63) is 46.3 Å². The Labute approximate surface area is 92.5 Å². The second-order valence-corrected chi connectivity index (χ2v) is 3.35. The van der Waals surface area contributed by atoms with Gasteiger partial charge < -0.3 is 5.73 Å². The summed E-state index contributed by atoms with van der Waals surface area (Å²) < 4.78 is 12.9. The fourth-order valence-electron chi connectivity index (χ4n) is 0.987. The molecule has 0 bridgehead atoms. The second-order valence-electron chi connectivity index (χ2n) is 2.68. The van der Waals surface area contributed by atoms with Crippen molar-refractivity contribution >= 4 is 35.8 Å². The van der Waals surface area contributed by atoms with Crippen LogP contribution < -0.4 is 5.73 Å². The highest BCUT2D eigenvalue weighted by atomic mass is 35.5. The molecule has 0 amide bonds. The van der Waals surface area contributed by atoms with Crippen LogP contribution in [0.2, 0.25) is 5.02 Å². The van der Waals surface area contributed by atoms with Gasteiger partial charge in [0.05, 0.1) is 5.02 Å². The second kappa shape index (κ2) is 4.53. The third-order valence-electron chi connectivity index (χ3n) is 1.73. The molecule has 0 saturated carbocycles. The summed E-state index contributed by atoms with van der Waals surface area (Å²) in [7, 11) is 0. The Morgan fingerprint density at radius 3 is 2.71 bits per heavy atom. The maximum absolute atomic E-state index is 12.9. The third-order valence-corrected chi connectivity index (χ3v) is 2.34. The zero-order valence-corrected chi connectivity index (χ0v) is 8.95. The summed E-state index contributed by atoms with van der Waals surface area (Å²) in [5, 5.41) is 1.75. The number of hydrogen-bond donors (Lipinski definition) is 2. The van der Waals surface area contributed by atoms with Crippen molar-refractivity contribution in [3.63, 3.8) is 0 Å². The molecular formula is C10H9ClFNS. The van der Waals surface area contributed by atoms with Crippen LogP contribution in [0, 0.1) is 0 Å².